The van der Waals surface area contributed by atoms with Crippen molar-refractivity contribution in [2.45, 2.75) is 38.8 Å². The second-order valence-electron chi connectivity index (χ2n) is 5.85. The molecule has 1 aliphatic rings. The van der Waals surface area contributed by atoms with Crippen molar-refractivity contribution in [3.8, 4) is 0 Å². The number of oxazole rings is 1. The molecule has 1 N–H and O–H groups in total. The van der Waals surface area contributed by atoms with E-state index in [4.69, 9.17) is 4.42 Å². The molecule has 0 spiro atoms. The quantitative estimate of drug-likeness (QED) is 0.936. The third kappa shape index (κ3) is 3.76. The normalized spacial score (nSPS) is 18.4. The number of amides is 1. The number of nitrogens with zero attached hydrogens (tertiary/aromatic N) is 3. The summed E-state index contributed by atoms with van der Waals surface area (Å²) in [6.07, 6.45) is 6.08. The largest absolute Gasteiger partial charge is 0.448 e. The van der Waals surface area contributed by atoms with Crippen LogP contribution in [0, 0.1) is 6.92 Å². The van der Waals surface area contributed by atoms with Crippen molar-refractivity contribution >= 4 is 5.91 Å². The van der Waals surface area contributed by atoms with Gasteiger partial charge in [-0.2, -0.15) is 0 Å². The van der Waals surface area contributed by atoms with Gasteiger partial charge in [-0.1, -0.05) is 6.07 Å². The van der Waals surface area contributed by atoms with E-state index in [0.29, 0.717) is 18.0 Å². The first kappa shape index (κ1) is 15.7. The van der Waals surface area contributed by atoms with Gasteiger partial charge in [-0.15, -0.1) is 0 Å². The molecule has 1 aliphatic heterocycles. The molecule has 2 aromatic heterocycles. The minimum atomic E-state index is -0.0752. The molecule has 6 nitrogen and oxygen atoms in total. The number of nitrogens with one attached hydrogen (secondary N) is 1. The fourth-order valence-electron chi connectivity index (χ4n) is 2.99. The lowest BCUT2D eigenvalue weighted by Gasteiger charge is -2.30. The summed E-state index contributed by atoms with van der Waals surface area (Å²) >= 11 is 0. The van der Waals surface area contributed by atoms with E-state index in [2.05, 4.69) is 15.3 Å². The van der Waals surface area contributed by atoms with Crippen molar-refractivity contribution in [1.82, 2.24) is 20.2 Å². The van der Waals surface area contributed by atoms with Crippen LogP contribution < -0.4 is 5.32 Å². The summed E-state index contributed by atoms with van der Waals surface area (Å²) in [5.41, 5.74) is 1.29. The van der Waals surface area contributed by atoms with E-state index in [1.54, 1.807) is 13.1 Å². The number of carbonyl (C=O) groups excluding carboxylic acids is 1. The van der Waals surface area contributed by atoms with Crippen LogP contribution in [0.25, 0.3) is 0 Å². The van der Waals surface area contributed by atoms with Crippen molar-refractivity contribution in [3.63, 3.8) is 0 Å². The van der Waals surface area contributed by atoms with Gasteiger partial charge in [0.1, 0.15) is 5.76 Å². The number of aromatic nitrogens is 2. The summed E-state index contributed by atoms with van der Waals surface area (Å²) in [6, 6.07) is 5.97. The molecule has 3 heterocycles. The summed E-state index contributed by atoms with van der Waals surface area (Å²) < 4.78 is 5.21. The number of aryl methyl sites for hydroxylation is 1. The highest BCUT2D eigenvalue weighted by atomic mass is 16.3. The summed E-state index contributed by atoms with van der Waals surface area (Å²) in [4.78, 5) is 23.4. The minimum absolute atomic E-state index is 0.0752. The van der Waals surface area contributed by atoms with E-state index < -0.39 is 0 Å². The molecular weight excluding hydrogens is 292 g/mol. The zero-order valence-corrected chi connectivity index (χ0v) is 13.4. The molecule has 0 aliphatic carbocycles. The SMILES string of the molecule is Cc1ocnc1C(=O)N(Cc1ccccn1)[C@@H]1CCCNCC1. The van der Waals surface area contributed by atoms with Crippen molar-refractivity contribution in [3.05, 3.63) is 47.9 Å². The molecule has 0 bridgehead atoms. The number of pyridine rings is 1. The van der Waals surface area contributed by atoms with E-state index in [9.17, 15) is 4.79 Å². The van der Waals surface area contributed by atoms with Gasteiger partial charge in [0.15, 0.2) is 12.1 Å². The minimum Gasteiger partial charge on any atom is -0.448 e. The summed E-state index contributed by atoms with van der Waals surface area (Å²) in [5, 5.41) is 3.39. The van der Waals surface area contributed by atoms with Crippen LogP contribution in [0.15, 0.2) is 35.2 Å². The van der Waals surface area contributed by atoms with Gasteiger partial charge < -0.3 is 14.6 Å². The molecule has 122 valence electrons. The van der Waals surface area contributed by atoms with Gasteiger partial charge in [-0.05, 0) is 51.4 Å². The molecule has 1 fully saturated rings. The number of hydrogen-bond donors (Lipinski definition) is 1. The van der Waals surface area contributed by atoms with Gasteiger partial charge in [-0.3, -0.25) is 9.78 Å². The zero-order chi connectivity index (χ0) is 16.1. The lowest BCUT2D eigenvalue weighted by atomic mass is 10.1. The van der Waals surface area contributed by atoms with Crippen LogP contribution in [0.2, 0.25) is 0 Å². The molecule has 6 heteroatoms. The maximum Gasteiger partial charge on any atom is 0.276 e. The van der Waals surface area contributed by atoms with E-state index >= 15 is 0 Å². The molecule has 0 saturated carbocycles. The Morgan fingerprint density at radius 2 is 2.26 bits per heavy atom. The van der Waals surface area contributed by atoms with Gasteiger partial charge in [-0.25, -0.2) is 4.98 Å². The monoisotopic (exact) mass is 314 g/mol. The van der Waals surface area contributed by atoms with Crippen LogP contribution in [0.4, 0.5) is 0 Å². The third-order valence-corrected chi connectivity index (χ3v) is 4.25. The first-order chi connectivity index (χ1) is 11.3. The predicted octanol–water partition coefficient (Wildman–Crippen LogP) is 2.16. The standard InChI is InChI=1S/C17H22N4O2/c1-13-16(20-12-23-13)17(22)21(11-14-5-2-3-9-19-14)15-6-4-8-18-10-7-15/h2-3,5,9,12,15,18H,4,6-8,10-11H2,1H3/t15-/m1/s1. The summed E-state index contributed by atoms with van der Waals surface area (Å²) in [6.45, 7) is 4.20. The number of carbonyl (C=O) groups is 1. The molecule has 2 aromatic rings. The van der Waals surface area contributed by atoms with Crippen molar-refractivity contribution < 1.29 is 9.21 Å². The average molecular weight is 314 g/mol. The second-order valence-corrected chi connectivity index (χ2v) is 5.85. The Hall–Kier alpha value is -2.21. The van der Waals surface area contributed by atoms with E-state index in [1.807, 2.05) is 23.1 Å². The molecular formula is C17H22N4O2. The van der Waals surface area contributed by atoms with Crippen molar-refractivity contribution in [2.75, 3.05) is 13.1 Å². The van der Waals surface area contributed by atoms with Gasteiger partial charge in [0, 0.05) is 12.2 Å². The fraction of sp³-hybridized carbons (Fsp3) is 0.471. The van der Waals surface area contributed by atoms with E-state index in [-0.39, 0.29) is 11.9 Å². The smallest absolute Gasteiger partial charge is 0.276 e. The Morgan fingerprint density at radius 1 is 1.35 bits per heavy atom. The van der Waals surface area contributed by atoms with Crippen LogP contribution in [0.1, 0.15) is 41.2 Å². The van der Waals surface area contributed by atoms with Crippen LogP contribution in [-0.4, -0.2) is 39.9 Å². The van der Waals surface area contributed by atoms with Crippen LogP contribution in [-0.2, 0) is 6.54 Å². The van der Waals surface area contributed by atoms with Gasteiger partial charge >= 0.3 is 0 Å². The first-order valence-electron chi connectivity index (χ1n) is 8.07. The highest BCUT2D eigenvalue weighted by Gasteiger charge is 2.28. The highest BCUT2D eigenvalue weighted by Crippen LogP contribution is 2.20. The topological polar surface area (TPSA) is 71.3 Å². The van der Waals surface area contributed by atoms with E-state index in [0.717, 1.165) is 38.0 Å². The Balaban J connectivity index is 1.86. The lowest BCUT2D eigenvalue weighted by molar-refractivity contribution is 0.0635. The van der Waals surface area contributed by atoms with Gasteiger partial charge in [0.2, 0.25) is 0 Å². The molecule has 0 radical (unpaired) electrons. The molecule has 0 unspecified atom stereocenters. The predicted molar refractivity (Wildman–Crippen MR) is 85.9 cm³/mol. The summed E-state index contributed by atoms with van der Waals surface area (Å²) in [7, 11) is 0. The van der Waals surface area contributed by atoms with Crippen LogP contribution >= 0.6 is 0 Å². The molecule has 1 amide bonds. The Kier molecular flexibility index (Phi) is 5.02. The second kappa shape index (κ2) is 7.37. The lowest BCUT2D eigenvalue weighted by Crippen LogP contribution is -2.41. The summed E-state index contributed by atoms with van der Waals surface area (Å²) in [5.74, 6) is 0.488. The van der Waals surface area contributed by atoms with Crippen LogP contribution in [0.3, 0.4) is 0 Å². The third-order valence-electron chi connectivity index (χ3n) is 4.25. The molecule has 0 aromatic carbocycles. The fourth-order valence-corrected chi connectivity index (χ4v) is 2.99. The van der Waals surface area contributed by atoms with Gasteiger partial charge in [0.05, 0.1) is 12.2 Å². The molecule has 23 heavy (non-hydrogen) atoms. The van der Waals surface area contributed by atoms with Gasteiger partial charge in [0.25, 0.3) is 5.91 Å². The maximum absolute atomic E-state index is 13.0. The van der Waals surface area contributed by atoms with Crippen molar-refractivity contribution in [2.24, 2.45) is 0 Å². The first-order valence-corrected chi connectivity index (χ1v) is 8.07. The number of hydrogen-bond acceptors (Lipinski definition) is 5. The van der Waals surface area contributed by atoms with Crippen LogP contribution in [0.5, 0.6) is 0 Å². The average Bonchev–Trinajstić information content (AvgIpc) is 2.84. The Morgan fingerprint density at radius 3 is 3.00 bits per heavy atom. The molecule has 1 saturated heterocycles. The van der Waals surface area contributed by atoms with Crippen molar-refractivity contribution in [1.29, 1.82) is 0 Å². The maximum atomic E-state index is 13.0. The Bertz CT molecular complexity index is 633. The highest BCUT2D eigenvalue weighted by molar-refractivity contribution is 5.93. The zero-order valence-electron chi connectivity index (χ0n) is 13.4. The number of rotatable bonds is 4. The Labute approximate surface area is 135 Å². The molecule has 3 rings (SSSR count). The molecule has 1 atom stereocenters. The van der Waals surface area contributed by atoms with E-state index in [1.165, 1.54) is 6.39 Å².